The van der Waals surface area contributed by atoms with Gasteiger partial charge in [-0.2, -0.15) is 0 Å². The third kappa shape index (κ3) is 1.32. The minimum absolute atomic E-state index is 0.779. The zero-order valence-electron chi connectivity index (χ0n) is 7.82. The molecule has 1 N–H and O–H groups in total. The number of anilines is 1. The molecular weight excluding hydrogens is 182 g/mol. The topological polar surface area (TPSA) is 23.5 Å². The lowest BCUT2D eigenvalue weighted by Gasteiger charge is -2.29. The zero-order chi connectivity index (χ0) is 9.47. The van der Waals surface area contributed by atoms with Crippen LogP contribution in [0, 0.1) is 0 Å². The van der Waals surface area contributed by atoms with Crippen molar-refractivity contribution in [2.24, 2.45) is 0 Å². The lowest BCUT2D eigenvalue weighted by molar-refractivity contribution is 0.157. The van der Waals surface area contributed by atoms with Crippen LogP contribution in [0.1, 0.15) is 13.8 Å². The molecule has 0 bridgehead atoms. The summed E-state index contributed by atoms with van der Waals surface area (Å²) in [5, 5.41) is 9.29. The lowest BCUT2D eigenvalue weighted by atomic mass is 10.3. The van der Waals surface area contributed by atoms with Gasteiger partial charge in [0.15, 0.2) is 5.06 Å². The minimum atomic E-state index is -0.779. The summed E-state index contributed by atoms with van der Waals surface area (Å²) in [6.45, 7) is 4.72. The minimum Gasteiger partial charge on any atom is -0.362 e. The molecule has 0 fully saturated rings. The molecule has 13 heavy (non-hydrogen) atoms. The Labute approximate surface area is 82.6 Å². The number of thioether (sulfide) groups is 1. The van der Waals surface area contributed by atoms with E-state index < -0.39 is 5.06 Å². The molecule has 0 aromatic heterocycles. The fourth-order valence-electron chi connectivity index (χ4n) is 1.72. The first-order chi connectivity index (χ1) is 6.15. The molecule has 2 rings (SSSR count). The molecule has 0 aliphatic carbocycles. The largest absolute Gasteiger partial charge is 0.362 e. The quantitative estimate of drug-likeness (QED) is 0.743. The Morgan fingerprint density at radius 3 is 2.85 bits per heavy atom. The maximum absolute atomic E-state index is 10.1. The second-order valence-electron chi connectivity index (χ2n) is 3.25. The predicted octanol–water partition coefficient (Wildman–Crippen LogP) is 2.28. The van der Waals surface area contributed by atoms with Gasteiger partial charge in [-0.1, -0.05) is 23.9 Å². The number of fused-ring (bicyclic) bond motifs is 1. The van der Waals surface area contributed by atoms with E-state index in [4.69, 9.17) is 0 Å². The van der Waals surface area contributed by atoms with Gasteiger partial charge in [-0.3, -0.25) is 0 Å². The third-order valence-electron chi connectivity index (χ3n) is 2.28. The van der Waals surface area contributed by atoms with E-state index in [-0.39, 0.29) is 0 Å². The van der Waals surface area contributed by atoms with Gasteiger partial charge in [-0.25, -0.2) is 0 Å². The normalized spacial score (nSPS) is 26.2. The zero-order valence-corrected chi connectivity index (χ0v) is 8.64. The van der Waals surface area contributed by atoms with Crippen molar-refractivity contribution in [2.75, 3.05) is 11.4 Å². The van der Waals surface area contributed by atoms with Crippen LogP contribution in [0.2, 0.25) is 0 Å². The fourth-order valence-corrected chi connectivity index (χ4v) is 2.90. The van der Waals surface area contributed by atoms with Crippen molar-refractivity contribution in [2.45, 2.75) is 23.8 Å². The summed E-state index contributed by atoms with van der Waals surface area (Å²) in [7, 11) is 0. The molecule has 0 amide bonds. The Morgan fingerprint density at radius 2 is 2.15 bits per heavy atom. The molecule has 1 aromatic carbocycles. The molecule has 2 nitrogen and oxygen atoms in total. The highest BCUT2D eigenvalue weighted by atomic mass is 32.2. The van der Waals surface area contributed by atoms with Crippen molar-refractivity contribution in [3.05, 3.63) is 24.3 Å². The summed E-state index contributed by atoms with van der Waals surface area (Å²) in [6, 6.07) is 8.10. The maximum Gasteiger partial charge on any atom is 0.188 e. The van der Waals surface area contributed by atoms with E-state index >= 15 is 0 Å². The molecule has 1 aliphatic heterocycles. The van der Waals surface area contributed by atoms with E-state index in [9.17, 15) is 5.11 Å². The first-order valence-corrected chi connectivity index (χ1v) is 5.25. The Kier molecular flexibility index (Phi) is 2.00. The highest BCUT2D eigenvalue weighted by Crippen LogP contribution is 2.48. The van der Waals surface area contributed by atoms with Crippen LogP contribution >= 0.6 is 11.8 Å². The Balaban J connectivity index is 2.46. The van der Waals surface area contributed by atoms with E-state index in [1.54, 1.807) is 0 Å². The molecular formula is C10H13NOS. The van der Waals surface area contributed by atoms with Crippen molar-refractivity contribution in [1.29, 1.82) is 0 Å². The average Bonchev–Trinajstić information content (AvgIpc) is 2.33. The van der Waals surface area contributed by atoms with Crippen molar-refractivity contribution in [3.8, 4) is 0 Å². The molecule has 1 aromatic rings. The van der Waals surface area contributed by atoms with Crippen LogP contribution in [0.3, 0.4) is 0 Å². The number of aliphatic hydroxyl groups is 1. The van der Waals surface area contributed by atoms with Gasteiger partial charge in [0.05, 0.1) is 5.69 Å². The Bertz CT molecular complexity index is 324. The first kappa shape index (κ1) is 8.91. The molecule has 0 spiro atoms. The van der Waals surface area contributed by atoms with Crippen LogP contribution in [0.15, 0.2) is 29.2 Å². The van der Waals surface area contributed by atoms with Crippen molar-refractivity contribution < 1.29 is 5.11 Å². The highest BCUT2D eigenvalue weighted by Gasteiger charge is 2.37. The van der Waals surface area contributed by atoms with Crippen LogP contribution in [0.4, 0.5) is 5.69 Å². The van der Waals surface area contributed by atoms with Gasteiger partial charge < -0.3 is 10.0 Å². The van der Waals surface area contributed by atoms with E-state index in [0.717, 1.165) is 17.1 Å². The summed E-state index contributed by atoms with van der Waals surface area (Å²) in [5.41, 5.74) is 1.14. The van der Waals surface area contributed by atoms with Crippen LogP contribution in [0.5, 0.6) is 0 Å². The van der Waals surface area contributed by atoms with Crippen LogP contribution in [0.25, 0.3) is 0 Å². The van der Waals surface area contributed by atoms with E-state index in [1.165, 1.54) is 11.8 Å². The molecule has 1 aliphatic rings. The van der Waals surface area contributed by atoms with Crippen LogP contribution < -0.4 is 4.90 Å². The third-order valence-corrected chi connectivity index (χ3v) is 3.45. The van der Waals surface area contributed by atoms with E-state index in [2.05, 4.69) is 6.92 Å². The number of benzene rings is 1. The second kappa shape index (κ2) is 2.93. The van der Waals surface area contributed by atoms with Gasteiger partial charge in [0.2, 0.25) is 0 Å². The molecule has 0 unspecified atom stereocenters. The molecule has 0 saturated heterocycles. The molecule has 70 valence electrons. The van der Waals surface area contributed by atoms with Crippen LogP contribution in [-0.4, -0.2) is 16.7 Å². The number of hydrogen-bond donors (Lipinski definition) is 1. The van der Waals surface area contributed by atoms with Gasteiger partial charge in [0, 0.05) is 11.4 Å². The molecule has 0 radical (unpaired) electrons. The van der Waals surface area contributed by atoms with Crippen molar-refractivity contribution in [1.82, 2.24) is 0 Å². The second-order valence-corrected chi connectivity index (χ2v) is 4.67. The predicted molar refractivity (Wildman–Crippen MR) is 55.9 cm³/mol. The molecule has 1 atom stereocenters. The maximum atomic E-state index is 10.1. The van der Waals surface area contributed by atoms with Gasteiger partial charge in [0.25, 0.3) is 0 Å². The van der Waals surface area contributed by atoms with E-state index in [1.807, 2.05) is 36.1 Å². The standard InChI is InChI=1S/C10H13NOS/c1-3-11-8-6-4-5-7-9(8)13-10(11,2)12/h4-7,12H,3H2,1-2H3/t10-/m1/s1. The smallest absolute Gasteiger partial charge is 0.188 e. The SMILES string of the molecule is CCN1c2ccccc2S[C@@]1(C)O. The van der Waals surface area contributed by atoms with Gasteiger partial charge >= 0.3 is 0 Å². The van der Waals surface area contributed by atoms with Gasteiger partial charge in [-0.15, -0.1) is 0 Å². The van der Waals surface area contributed by atoms with Gasteiger partial charge in [-0.05, 0) is 26.0 Å². The molecule has 1 heterocycles. The van der Waals surface area contributed by atoms with Crippen LogP contribution in [-0.2, 0) is 0 Å². The van der Waals surface area contributed by atoms with E-state index in [0.29, 0.717) is 0 Å². The lowest BCUT2D eigenvalue weighted by Crippen LogP contribution is -2.40. The monoisotopic (exact) mass is 195 g/mol. The first-order valence-electron chi connectivity index (χ1n) is 4.43. The Hall–Kier alpha value is -0.670. The number of para-hydroxylation sites is 1. The summed E-state index contributed by atoms with van der Waals surface area (Å²) in [5.74, 6) is 0. The summed E-state index contributed by atoms with van der Waals surface area (Å²) in [4.78, 5) is 3.17. The van der Waals surface area contributed by atoms with Crippen molar-refractivity contribution >= 4 is 17.4 Å². The number of rotatable bonds is 1. The van der Waals surface area contributed by atoms with Gasteiger partial charge in [0.1, 0.15) is 0 Å². The highest BCUT2D eigenvalue weighted by molar-refractivity contribution is 8.01. The summed E-state index contributed by atoms with van der Waals surface area (Å²) in [6.07, 6.45) is 0. The molecule has 3 heteroatoms. The Morgan fingerprint density at radius 1 is 1.46 bits per heavy atom. The van der Waals surface area contributed by atoms with Crippen molar-refractivity contribution in [3.63, 3.8) is 0 Å². The molecule has 0 saturated carbocycles. The summed E-state index contributed by atoms with van der Waals surface area (Å²) < 4.78 is 0. The number of hydrogen-bond acceptors (Lipinski definition) is 3. The summed E-state index contributed by atoms with van der Waals surface area (Å²) >= 11 is 1.51. The average molecular weight is 195 g/mol. The number of nitrogens with zero attached hydrogens (tertiary/aromatic N) is 1. The fraction of sp³-hybridized carbons (Fsp3) is 0.400.